The largest absolute Gasteiger partial charge is 0.444 e. The van der Waals surface area contributed by atoms with Gasteiger partial charge in [0, 0.05) is 5.54 Å². The van der Waals surface area contributed by atoms with Crippen LogP contribution in [-0.2, 0) is 10.3 Å². The molecular weight excluding hydrogens is 266 g/mol. The quantitative estimate of drug-likeness (QED) is 0.919. The number of nitrogens with one attached hydrogen (secondary N) is 1. The van der Waals surface area contributed by atoms with Crippen molar-refractivity contribution >= 4 is 6.09 Å². The van der Waals surface area contributed by atoms with Crippen molar-refractivity contribution < 1.29 is 9.53 Å². The number of rotatable bonds is 4. The molecule has 1 aromatic rings. The molecule has 0 aliphatic heterocycles. The maximum Gasteiger partial charge on any atom is 0.408 e. The molecule has 1 amide bonds. The molecule has 1 fully saturated rings. The summed E-state index contributed by atoms with van der Waals surface area (Å²) < 4.78 is 7.57. The van der Waals surface area contributed by atoms with Gasteiger partial charge in [-0.2, -0.15) is 0 Å². The van der Waals surface area contributed by atoms with Crippen LogP contribution in [0.1, 0.15) is 72.0 Å². The van der Waals surface area contributed by atoms with Gasteiger partial charge in [0.05, 0.1) is 24.3 Å². The monoisotopic (exact) mass is 293 g/mol. The van der Waals surface area contributed by atoms with Crippen molar-refractivity contribution in [2.75, 3.05) is 0 Å². The number of alkyl carbamates (subject to hydrolysis) is 1. The number of carbonyl (C=O) groups excluding carboxylic acids is 1. The van der Waals surface area contributed by atoms with Crippen molar-refractivity contribution in [3.8, 4) is 0 Å². The minimum Gasteiger partial charge on any atom is -0.444 e. The molecular formula is C16H27N3O2. The maximum absolute atomic E-state index is 11.9. The third kappa shape index (κ3) is 3.39. The summed E-state index contributed by atoms with van der Waals surface area (Å²) in [6, 6.07) is -0.119. The van der Waals surface area contributed by atoms with Crippen LogP contribution < -0.4 is 5.32 Å². The molecule has 1 atom stereocenters. The molecule has 5 heteroatoms. The van der Waals surface area contributed by atoms with Crippen LogP contribution in [0.4, 0.5) is 4.79 Å². The Kier molecular flexibility index (Phi) is 4.30. The molecule has 0 saturated heterocycles. The van der Waals surface area contributed by atoms with Gasteiger partial charge in [0.15, 0.2) is 0 Å². The van der Waals surface area contributed by atoms with Crippen molar-refractivity contribution in [1.82, 2.24) is 14.9 Å². The first-order valence-electron chi connectivity index (χ1n) is 7.80. The Labute approximate surface area is 127 Å². The standard InChI is InChI=1S/C16H27N3O2/c1-6-16(8-7-9-16)19-11-17-10-13(19)12(2)18-14(20)21-15(3,4)5/h10-12H,6-9H2,1-5H3,(H,18,20). The van der Waals surface area contributed by atoms with Crippen molar-refractivity contribution in [1.29, 1.82) is 0 Å². The fraction of sp³-hybridized carbons (Fsp3) is 0.750. The lowest BCUT2D eigenvalue weighted by atomic mass is 9.74. The summed E-state index contributed by atoms with van der Waals surface area (Å²) in [5, 5.41) is 2.90. The van der Waals surface area contributed by atoms with Crippen LogP contribution in [0, 0.1) is 0 Å². The molecule has 1 aliphatic carbocycles. The lowest BCUT2D eigenvalue weighted by Gasteiger charge is -2.44. The minimum absolute atomic E-state index is 0.119. The van der Waals surface area contributed by atoms with Crippen LogP contribution >= 0.6 is 0 Å². The molecule has 1 heterocycles. The summed E-state index contributed by atoms with van der Waals surface area (Å²) in [6.45, 7) is 9.78. The zero-order valence-corrected chi connectivity index (χ0v) is 13.8. The molecule has 0 aromatic carbocycles. The van der Waals surface area contributed by atoms with E-state index in [1.165, 1.54) is 19.3 Å². The lowest BCUT2D eigenvalue weighted by molar-refractivity contribution is 0.0501. The number of hydrogen-bond donors (Lipinski definition) is 1. The molecule has 1 saturated carbocycles. The van der Waals surface area contributed by atoms with Gasteiger partial charge in [-0.15, -0.1) is 0 Å². The van der Waals surface area contributed by atoms with Gasteiger partial charge in [-0.3, -0.25) is 0 Å². The van der Waals surface area contributed by atoms with E-state index in [0.717, 1.165) is 12.1 Å². The second-order valence-electron chi connectivity index (χ2n) is 6.99. The SMILES string of the molecule is CCC1(n2cncc2C(C)NC(=O)OC(C)(C)C)CCC1. The van der Waals surface area contributed by atoms with E-state index < -0.39 is 5.60 Å². The number of ether oxygens (including phenoxy) is 1. The molecule has 0 bridgehead atoms. The van der Waals surface area contributed by atoms with E-state index in [-0.39, 0.29) is 17.7 Å². The summed E-state index contributed by atoms with van der Waals surface area (Å²) in [6.07, 6.45) is 8.08. The Bertz CT molecular complexity index is 492. The van der Waals surface area contributed by atoms with Crippen LogP contribution in [0.2, 0.25) is 0 Å². The average molecular weight is 293 g/mol. The van der Waals surface area contributed by atoms with Gasteiger partial charge in [0.1, 0.15) is 5.60 Å². The molecule has 118 valence electrons. The molecule has 2 rings (SSSR count). The van der Waals surface area contributed by atoms with Gasteiger partial charge in [0.2, 0.25) is 0 Å². The van der Waals surface area contributed by atoms with Gasteiger partial charge >= 0.3 is 6.09 Å². The number of imidazole rings is 1. The van der Waals surface area contributed by atoms with Gasteiger partial charge in [-0.1, -0.05) is 6.92 Å². The zero-order chi connectivity index (χ0) is 15.7. The molecule has 21 heavy (non-hydrogen) atoms. The summed E-state index contributed by atoms with van der Waals surface area (Å²) in [7, 11) is 0. The first kappa shape index (κ1) is 15.9. The van der Waals surface area contributed by atoms with Gasteiger partial charge in [-0.25, -0.2) is 9.78 Å². The molecule has 5 nitrogen and oxygen atoms in total. The lowest BCUT2D eigenvalue weighted by Crippen LogP contribution is -2.42. The van der Waals surface area contributed by atoms with E-state index in [1.807, 2.05) is 40.2 Å². The third-order valence-electron chi connectivity index (χ3n) is 4.30. The Balaban J connectivity index is 2.09. The number of nitrogens with zero attached hydrogens (tertiary/aromatic N) is 2. The van der Waals surface area contributed by atoms with E-state index in [0.29, 0.717) is 0 Å². The van der Waals surface area contributed by atoms with Crippen molar-refractivity contribution in [2.45, 2.75) is 77.5 Å². The Morgan fingerprint density at radius 3 is 2.67 bits per heavy atom. The Hall–Kier alpha value is -1.52. The Morgan fingerprint density at radius 2 is 2.19 bits per heavy atom. The predicted molar refractivity (Wildman–Crippen MR) is 82.1 cm³/mol. The number of amides is 1. The number of aromatic nitrogens is 2. The van der Waals surface area contributed by atoms with E-state index >= 15 is 0 Å². The number of carbonyl (C=O) groups is 1. The molecule has 1 aliphatic rings. The van der Waals surface area contributed by atoms with Crippen LogP contribution in [0.15, 0.2) is 12.5 Å². The normalized spacial score (nSPS) is 18.7. The van der Waals surface area contributed by atoms with Gasteiger partial charge in [-0.05, 0) is 53.4 Å². The van der Waals surface area contributed by atoms with Crippen molar-refractivity contribution in [2.24, 2.45) is 0 Å². The maximum atomic E-state index is 11.9. The smallest absolute Gasteiger partial charge is 0.408 e. The van der Waals surface area contributed by atoms with E-state index in [2.05, 4.69) is 21.8 Å². The van der Waals surface area contributed by atoms with E-state index in [4.69, 9.17) is 4.74 Å². The highest BCUT2D eigenvalue weighted by molar-refractivity contribution is 5.68. The van der Waals surface area contributed by atoms with Crippen LogP contribution in [0.3, 0.4) is 0 Å². The van der Waals surface area contributed by atoms with E-state index in [1.54, 1.807) is 0 Å². The van der Waals surface area contributed by atoms with Crippen LogP contribution in [0.25, 0.3) is 0 Å². The van der Waals surface area contributed by atoms with Crippen LogP contribution in [0.5, 0.6) is 0 Å². The average Bonchev–Trinajstić information content (AvgIpc) is 2.75. The van der Waals surface area contributed by atoms with Crippen LogP contribution in [-0.4, -0.2) is 21.2 Å². The second kappa shape index (κ2) is 5.70. The summed E-state index contributed by atoms with van der Waals surface area (Å²) in [5.41, 5.74) is 0.751. The first-order valence-corrected chi connectivity index (χ1v) is 7.80. The summed E-state index contributed by atoms with van der Waals surface area (Å²) in [5.74, 6) is 0. The fourth-order valence-corrected chi connectivity index (χ4v) is 2.93. The zero-order valence-electron chi connectivity index (χ0n) is 13.8. The Morgan fingerprint density at radius 1 is 1.52 bits per heavy atom. The first-order chi connectivity index (χ1) is 9.77. The predicted octanol–water partition coefficient (Wildman–Crippen LogP) is 3.76. The molecule has 1 N–H and O–H groups in total. The van der Waals surface area contributed by atoms with E-state index in [9.17, 15) is 4.79 Å². The fourth-order valence-electron chi connectivity index (χ4n) is 2.93. The minimum atomic E-state index is -0.483. The van der Waals surface area contributed by atoms with Gasteiger partial charge < -0.3 is 14.6 Å². The second-order valence-corrected chi connectivity index (χ2v) is 6.99. The highest BCUT2D eigenvalue weighted by Crippen LogP contribution is 2.43. The van der Waals surface area contributed by atoms with Crippen molar-refractivity contribution in [3.05, 3.63) is 18.2 Å². The van der Waals surface area contributed by atoms with Crippen molar-refractivity contribution in [3.63, 3.8) is 0 Å². The summed E-state index contributed by atoms with van der Waals surface area (Å²) >= 11 is 0. The highest BCUT2D eigenvalue weighted by atomic mass is 16.6. The summed E-state index contributed by atoms with van der Waals surface area (Å²) in [4.78, 5) is 16.2. The number of hydrogen-bond acceptors (Lipinski definition) is 3. The topological polar surface area (TPSA) is 56.2 Å². The molecule has 1 aromatic heterocycles. The molecule has 1 unspecified atom stereocenters. The molecule has 0 spiro atoms. The highest BCUT2D eigenvalue weighted by Gasteiger charge is 2.38. The third-order valence-corrected chi connectivity index (χ3v) is 4.30. The van der Waals surface area contributed by atoms with Gasteiger partial charge in [0.25, 0.3) is 0 Å². The molecule has 0 radical (unpaired) electrons.